The summed E-state index contributed by atoms with van der Waals surface area (Å²) in [7, 11) is -3.48. The van der Waals surface area contributed by atoms with Crippen LogP contribution < -0.4 is 5.73 Å². The molecule has 0 radical (unpaired) electrons. The minimum Gasteiger partial charge on any atom is -0.326 e. The molecule has 1 aliphatic heterocycles. The smallest absolute Gasteiger partial charge is 0.243 e. The van der Waals surface area contributed by atoms with Gasteiger partial charge in [0.25, 0.3) is 0 Å². The first-order valence-corrected chi connectivity index (χ1v) is 8.84. The predicted molar refractivity (Wildman–Crippen MR) is 87.8 cm³/mol. The normalized spacial score (nSPS) is 22.8. The third kappa shape index (κ3) is 2.79. The Morgan fingerprint density at radius 1 is 1.00 bits per heavy atom. The van der Waals surface area contributed by atoms with Crippen LogP contribution in [-0.2, 0) is 10.0 Å². The molecule has 1 saturated heterocycles. The van der Waals surface area contributed by atoms with Crippen molar-refractivity contribution < 1.29 is 8.42 Å². The van der Waals surface area contributed by atoms with Gasteiger partial charge in [-0.15, -0.1) is 0 Å². The maximum Gasteiger partial charge on any atom is 0.243 e. The maximum absolute atomic E-state index is 12.8. The first kappa shape index (κ1) is 15.2. The van der Waals surface area contributed by atoms with E-state index in [-0.39, 0.29) is 12.0 Å². The van der Waals surface area contributed by atoms with Gasteiger partial charge in [-0.25, -0.2) is 8.42 Å². The van der Waals surface area contributed by atoms with E-state index in [9.17, 15) is 8.42 Å². The molecule has 2 unspecified atom stereocenters. The van der Waals surface area contributed by atoms with Crippen molar-refractivity contribution in [1.82, 2.24) is 4.31 Å². The van der Waals surface area contributed by atoms with Gasteiger partial charge in [0.15, 0.2) is 0 Å². The second kappa shape index (κ2) is 5.83. The van der Waals surface area contributed by atoms with Gasteiger partial charge in [-0.05, 0) is 29.2 Å². The van der Waals surface area contributed by atoms with E-state index in [1.54, 1.807) is 18.2 Å². The van der Waals surface area contributed by atoms with Crippen LogP contribution in [0.2, 0.25) is 0 Å². The van der Waals surface area contributed by atoms with Crippen LogP contribution in [0.5, 0.6) is 0 Å². The van der Waals surface area contributed by atoms with Gasteiger partial charge in [0, 0.05) is 19.1 Å². The van der Waals surface area contributed by atoms with Gasteiger partial charge >= 0.3 is 0 Å². The molecule has 1 fully saturated rings. The molecule has 2 atom stereocenters. The van der Waals surface area contributed by atoms with Crippen LogP contribution in [0.1, 0.15) is 6.92 Å². The fourth-order valence-corrected chi connectivity index (χ4v) is 4.38. The lowest BCUT2D eigenvalue weighted by atomic mass is 10.1. The Bertz CT molecular complexity index is 749. The lowest BCUT2D eigenvalue weighted by Crippen LogP contribution is -2.32. The molecule has 0 saturated carbocycles. The van der Waals surface area contributed by atoms with Gasteiger partial charge in [0.05, 0.1) is 4.90 Å². The third-order valence-corrected chi connectivity index (χ3v) is 6.04. The SMILES string of the molecule is CC1CN(S(=O)(=O)c2cccc(-c3ccccc3)c2)CC1N. The van der Waals surface area contributed by atoms with Crippen molar-refractivity contribution in [2.45, 2.75) is 17.9 Å². The van der Waals surface area contributed by atoms with Crippen LogP contribution in [0.4, 0.5) is 0 Å². The molecular weight excluding hydrogens is 296 g/mol. The van der Waals surface area contributed by atoms with Crippen LogP contribution in [-0.4, -0.2) is 31.9 Å². The van der Waals surface area contributed by atoms with Crippen molar-refractivity contribution in [1.29, 1.82) is 0 Å². The predicted octanol–water partition coefficient (Wildman–Crippen LogP) is 2.32. The number of nitrogens with zero attached hydrogens (tertiary/aromatic N) is 1. The Hall–Kier alpha value is -1.69. The monoisotopic (exact) mass is 316 g/mol. The summed E-state index contributed by atoms with van der Waals surface area (Å²) in [6.45, 7) is 2.86. The molecule has 0 aromatic heterocycles. The highest BCUT2D eigenvalue weighted by Crippen LogP contribution is 2.27. The highest BCUT2D eigenvalue weighted by molar-refractivity contribution is 7.89. The number of rotatable bonds is 3. The highest BCUT2D eigenvalue weighted by Gasteiger charge is 2.35. The average Bonchev–Trinajstić information content (AvgIpc) is 2.88. The lowest BCUT2D eigenvalue weighted by Gasteiger charge is -2.16. The van der Waals surface area contributed by atoms with Crippen LogP contribution >= 0.6 is 0 Å². The number of benzene rings is 2. The van der Waals surface area contributed by atoms with E-state index >= 15 is 0 Å². The summed E-state index contributed by atoms with van der Waals surface area (Å²) in [5.74, 6) is 0.187. The van der Waals surface area contributed by atoms with Crippen LogP contribution in [0.3, 0.4) is 0 Å². The second-order valence-electron chi connectivity index (χ2n) is 5.86. The van der Waals surface area contributed by atoms with Crippen LogP contribution in [0, 0.1) is 5.92 Å². The van der Waals surface area contributed by atoms with Gasteiger partial charge in [0.2, 0.25) is 10.0 Å². The summed E-state index contributed by atoms with van der Waals surface area (Å²) in [4.78, 5) is 0.329. The molecule has 0 bridgehead atoms. The molecule has 5 heteroatoms. The molecule has 1 aliphatic rings. The molecule has 116 valence electrons. The van der Waals surface area contributed by atoms with Gasteiger partial charge in [-0.1, -0.05) is 49.4 Å². The maximum atomic E-state index is 12.8. The van der Waals surface area contributed by atoms with Crippen molar-refractivity contribution in [2.24, 2.45) is 11.7 Å². The molecule has 0 spiro atoms. The van der Waals surface area contributed by atoms with Crippen molar-refractivity contribution >= 4 is 10.0 Å². The molecule has 22 heavy (non-hydrogen) atoms. The zero-order valence-corrected chi connectivity index (χ0v) is 13.3. The minimum absolute atomic E-state index is 0.0907. The average molecular weight is 316 g/mol. The first-order valence-electron chi connectivity index (χ1n) is 7.40. The largest absolute Gasteiger partial charge is 0.326 e. The number of sulfonamides is 1. The van der Waals surface area contributed by atoms with Crippen LogP contribution in [0.25, 0.3) is 11.1 Å². The van der Waals surface area contributed by atoms with Crippen molar-refractivity contribution in [3.05, 3.63) is 54.6 Å². The zero-order chi connectivity index (χ0) is 15.7. The molecule has 0 amide bonds. The molecule has 2 aromatic rings. The number of hydrogen-bond acceptors (Lipinski definition) is 3. The van der Waals surface area contributed by atoms with E-state index in [0.717, 1.165) is 11.1 Å². The van der Waals surface area contributed by atoms with Gasteiger partial charge < -0.3 is 5.73 Å². The highest BCUT2D eigenvalue weighted by atomic mass is 32.2. The molecule has 1 heterocycles. The zero-order valence-electron chi connectivity index (χ0n) is 12.5. The minimum atomic E-state index is -3.48. The van der Waals surface area contributed by atoms with Crippen LogP contribution in [0.15, 0.2) is 59.5 Å². The Balaban J connectivity index is 1.95. The van der Waals surface area contributed by atoms with Crippen molar-refractivity contribution in [3.63, 3.8) is 0 Å². The second-order valence-corrected chi connectivity index (χ2v) is 7.79. The molecule has 0 aliphatic carbocycles. The Labute approximate surface area is 131 Å². The van der Waals surface area contributed by atoms with Gasteiger partial charge in [-0.3, -0.25) is 0 Å². The van der Waals surface area contributed by atoms with Gasteiger partial charge in [0.1, 0.15) is 0 Å². The topological polar surface area (TPSA) is 63.4 Å². The molecular formula is C17H20N2O2S. The van der Waals surface area contributed by atoms with E-state index < -0.39 is 10.0 Å². The standard InChI is InChI=1S/C17H20N2O2S/c1-13-11-19(12-17(13)18)22(20,21)16-9-5-8-15(10-16)14-6-3-2-4-7-14/h2-10,13,17H,11-12,18H2,1H3. The summed E-state index contributed by atoms with van der Waals surface area (Å²) < 4.78 is 27.1. The first-order chi connectivity index (χ1) is 10.5. The molecule has 2 aromatic carbocycles. The Morgan fingerprint density at radius 3 is 2.32 bits per heavy atom. The van der Waals surface area contributed by atoms with E-state index in [1.807, 2.05) is 43.3 Å². The van der Waals surface area contributed by atoms with E-state index in [0.29, 0.717) is 18.0 Å². The quantitative estimate of drug-likeness (QED) is 0.945. The summed E-state index contributed by atoms with van der Waals surface area (Å²) in [6, 6.07) is 16.8. The summed E-state index contributed by atoms with van der Waals surface area (Å²) in [5, 5.41) is 0. The molecule has 2 N–H and O–H groups in total. The van der Waals surface area contributed by atoms with Crippen molar-refractivity contribution in [2.75, 3.05) is 13.1 Å². The van der Waals surface area contributed by atoms with Crippen molar-refractivity contribution in [3.8, 4) is 11.1 Å². The lowest BCUT2D eigenvalue weighted by molar-refractivity contribution is 0.464. The fraction of sp³-hybridized carbons (Fsp3) is 0.294. The number of nitrogens with two attached hydrogens (primary N) is 1. The summed E-state index contributed by atoms with van der Waals surface area (Å²) in [6.07, 6.45) is 0. The van der Waals surface area contributed by atoms with Gasteiger partial charge in [-0.2, -0.15) is 4.31 Å². The fourth-order valence-electron chi connectivity index (χ4n) is 2.76. The van der Waals surface area contributed by atoms with E-state index in [2.05, 4.69) is 0 Å². The summed E-state index contributed by atoms with van der Waals surface area (Å²) >= 11 is 0. The summed E-state index contributed by atoms with van der Waals surface area (Å²) in [5.41, 5.74) is 7.86. The molecule has 4 nitrogen and oxygen atoms in total. The van der Waals surface area contributed by atoms with E-state index in [4.69, 9.17) is 5.73 Å². The molecule has 3 rings (SSSR count). The third-order valence-electron chi connectivity index (χ3n) is 4.22. The van der Waals surface area contributed by atoms with E-state index in [1.165, 1.54) is 4.31 Å². The Morgan fingerprint density at radius 2 is 1.68 bits per heavy atom. The number of hydrogen-bond donors (Lipinski definition) is 1. The Kier molecular flexibility index (Phi) is 4.04.